The van der Waals surface area contributed by atoms with Crippen molar-refractivity contribution in [2.45, 2.75) is 40.0 Å². The maximum absolute atomic E-state index is 12.3. The zero-order valence-corrected chi connectivity index (χ0v) is 12.4. The smallest absolute Gasteiger partial charge is 0.226 e. The molecule has 2 N–H and O–H groups in total. The molecule has 0 fully saturated rings. The van der Waals surface area contributed by atoms with E-state index in [0.717, 1.165) is 18.5 Å². The van der Waals surface area contributed by atoms with E-state index in [4.69, 9.17) is 5.73 Å². The second-order valence-electron chi connectivity index (χ2n) is 5.46. The minimum absolute atomic E-state index is 0.200. The van der Waals surface area contributed by atoms with Crippen molar-refractivity contribution < 1.29 is 4.79 Å². The van der Waals surface area contributed by atoms with Crippen molar-refractivity contribution >= 4 is 11.6 Å². The van der Waals surface area contributed by atoms with E-state index in [1.165, 1.54) is 5.56 Å². The fourth-order valence-corrected chi connectivity index (χ4v) is 1.92. The minimum Gasteiger partial charge on any atom is -0.330 e. The molecular weight excluding hydrogens is 236 g/mol. The molecule has 3 nitrogen and oxygen atoms in total. The van der Waals surface area contributed by atoms with Gasteiger partial charge in [-0.15, -0.1) is 0 Å². The molecule has 0 aliphatic carbocycles. The molecular formula is C16H26N2O. The van der Waals surface area contributed by atoms with Gasteiger partial charge in [0.25, 0.3) is 0 Å². The number of nitrogens with zero attached hydrogens (tertiary/aromatic N) is 1. The van der Waals surface area contributed by atoms with Crippen LogP contribution < -0.4 is 10.6 Å². The lowest BCUT2D eigenvalue weighted by Gasteiger charge is -2.23. The van der Waals surface area contributed by atoms with E-state index >= 15 is 0 Å². The normalized spacial score (nSPS) is 10.8. The molecule has 1 aromatic carbocycles. The quantitative estimate of drug-likeness (QED) is 0.820. The minimum atomic E-state index is 0.200. The van der Waals surface area contributed by atoms with E-state index in [1.807, 2.05) is 29.2 Å². The number of anilines is 1. The Morgan fingerprint density at radius 2 is 1.89 bits per heavy atom. The summed E-state index contributed by atoms with van der Waals surface area (Å²) in [5, 5.41) is 0. The summed E-state index contributed by atoms with van der Waals surface area (Å²) >= 11 is 0. The Kier molecular flexibility index (Phi) is 6.57. The Balaban J connectivity index is 2.75. The van der Waals surface area contributed by atoms with Crippen molar-refractivity contribution in [1.82, 2.24) is 0 Å². The van der Waals surface area contributed by atoms with Gasteiger partial charge in [0, 0.05) is 18.7 Å². The predicted octanol–water partition coefficient (Wildman–Crippen LogP) is 3.11. The van der Waals surface area contributed by atoms with Crippen molar-refractivity contribution in [3.63, 3.8) is 0 Å². The number of nitrogens with two attached hydrogens (primary N) is 1. The zero-order valence-electron chi connectivity index (χ0n) is 12.4. The molecule has 0 aliphatic rings. The summed E-state index contributed by atoms with van der Waals surface area (Å²) in [5.74, 6) is 0.754. The molecule has 0 atom stereocenters. The maximum atomic E-state index is 12.3. The van der Waals surface area contributed by atoms with Crippen LogP contribution in [0.25, 0.3) is 0 Å². The average Bonchev–Trinajstić information content (AvgIpc) is 2.38. The van der Waals surface area contributed by atoms with Crippen LogP contribution in [-0.2, 0) is 4.79 Å². The highest BCUT2D eigenvalue weighted by atomic mass is 16.2. The molecule has 0 saturated heterocycles. The van der Waals surface area contributed by atoms with Crippen molar-refractivity contribution in [1.29, 1.82) is 0 Å². The molecule has 0 unspecified atom stereocenters. The Hall–Kier alpha value is -1.35. The van der Waals surface area contributed by atoms with Gasteiger partial charge in [-0.1, -0.05) is 31.5 Å². The van der Waals surface area contributed by atoms with Gasteiger partial charge in [-0.2, -0.15) is 0 Å². The van der Waals surface area contributed by atoms with Gasteiger partial charge in [-0.05, 0) is 44.4 Å². The Morgan fingerprint density at radius 1 is 1.26 bits per heavy atom. The number of amides is 1. The van der Waals surface area contributed by atoms with Gasteiger partial charge in [-0.25, -0.2) is 0 Å². The summed E-state index contributed by atoms with van der Waals surface area (Å²) in [6.45, 7) is 7.65. The highest BCUT2D eigenvalue weighted by Gasteiger charge is 2.15. The van der Waals surface area contributed by atoms with Crippen LogP contribution in [0.2, 0.25) is 0 Å². The summed E-state index contributed by atoms with van der Waals surface area (Å²) in [6, 6.07) is 8.11. The summed E-state index contributed by atoms with van der Waals surface area (Å²) < 4.78 is 0. The van der Waals surface area contributed by atoms with Crippen LogP contribution in [0.5, 0.6) is 0 Å². The lowest BCUT2D eigenvalue weighted by atomic mass is 10.1. The molecule has 0 aromatic heterocycles. The average molecular weight is 262 g/mol. The molecule has 0 saturated carbocycles. The van der Waals surface area contributed by atoms with Crippen LogP contribution in [0.3, 0.4) is 0 Å². The second kappa shape index (κ2) is 7.95. The topological polar surface area (TPSA) is 46.3 Å². The van der Waals surface area contributed by atoms with Gasteiger partial charge in [0.05, 0.1) is 0 Å². The van der Waals surface area contributed by atoms with Crippen LogP contribution in [0.15, 0.2) is 24.3 Å². The highest BCUT2D eigenvalue weighted by Crippen LogP contribution is 2.18. The van der Waals surface area contributed by atoms with E-state index in [2.05, 4.69) is 20.8 Å². The molecule has 106 valence electrons. The molecule has 0 heterocycles. The van der Waals surface area contributed by atoms with Gasteiger partial charge in [0.15, 0.2) is 0 Å². The summed E-state index contributed by atoms with van der Waals surface area (Å²) in [7, 11) is 0. The largest absolute Gasteiger partial charge is 0.330 e. The number of hydrogen-bond acceptors (Lipinski definition) is 2. The number of rotatable bonds is 7. The first-order valence-corrected chi connectivity index (χ1v) is 7.11. The second-order valence-corrected chi connectivity index (χ2v) is 5.46. The van der Waals surface area contributed by atoms with Gasteiger partial charge in [0.1, 0.15) is 0 Å². The molecule has 0 spiro atoms. The highest BCUT2D eigenvalue weighted by molar-refractivity contribution is 5.93. The molecule has 1 aromatic rings. The first kappa shape index (κ1) is 15.7. The summed E-state index contributed by atoms with van der Waals surface area (Å²) in [4.78, 5) is 14.2. The lowest BCUT2D eigenvalue weighted by Crippen LogP contribution is -2.33. The molecule has 1 rings (SSSR count). The van der Waals surface area contributed by atoms with Crippen molar-refractivity contribution in [2.24, 2.45) is 11.7 Å². The van der Waals surface area contributed by atoms with Gasteiger partial charge >= 0.3 is 0 Å². The summed E-state index contributed by atoms with van der Waals surface area (Å²) in [5.41, 5.74) is 7.75. The monoisotopic (exact) mass is 262 g/mol. The zero-order chi connectivity index (χ0) is 14.3. The van der Waals surface area contributed by atoms with Crippen LogP contribution in [0, 0.1) is 12.8 Å². The third kappa shape index (κ3) is 5.43. The molecule has 1 amide bonds. The fraction of sp³-hybridized carbons (Fsp3) is 0.562. The number of carbonyl (C=O) groups is 1. The van der Waals surface area contributed by atoms with E-state index in [0.29, 0.717) is 25.4 Å². The van der Waals surface area contributed by atoms with Crippen molar-refractivity contribution in [3.8, 4) is 0 Å². The van der Waals surface area contributed by atoms with Crippen molar-refractivity contribution in [2.75, 3.05) is 18.0 Å². The van der Waals surface area contributed by atoms with Crippen LogP contribution >= 0.6 is 0 Å². The van der Waals surface area contributed by atoms with Gasteiger partial charge in [-0.3, -0.25) is 4.79 Å². The summed E-state index contributed by atoms with van der Waals surface area (Å²) in [6.07, 6.45) is 2.38. The first-order valence-electron chi connectivity index (χ1n) is 7.11. The van der Waals surface area contributed by atoms with Crippen LogP contribution in [0.4, 0.5) is 5.69 Å². The number of hydrogen-bond donors (Lipinski definition) is 1. The fourth-order valence-electron chi connectivity index (χ4n) is 1.92. The molecule has 3 heteroatoms. The van der Waals surface area contributed by atoms with E-state index in [-0.39, 0.29) is 5.91 Å². The Morgan fingerprint density at radius 3 is 2.42 bits per heavy atom. The lowest BCUT2D eigenvalue weighted by molar-refractivity contribution is -0.118. The maximum Gasteiger partial charge on any atom is 0.226 e. The van der Waals surface area contributed by atoms with Crippen LogP contribution in [0.1, 0.15) is 38.7 Å². The van der Waals surface area contributed by atoms with Gasteiger partial charge < -0.3 is 10.6 Å². The SMILES string of the molecule is Cc1ccc(N(CCCN)C(=O)CCC(C)C)cc1. The number of benzene rings is 1. The molecule has 0 radical (unpaired) electrons. The Bertz CT molecular complexity index is 384. The van der Waals surface area contributed by atoms with E-state index < -0.39 is 0 Å². The molecule has 0 aliphatic heterocycles. The standard InChI is InChI=1S/C16H26N2O/c1-13(2)5-10-16(19)18(12-4-11-17)15-8-6-14(3)7-9-15/h6-9,13H,4-5,10-12,17H2,1-3H3. The first-order chi connectivity index (χ1) is 9.04. The Labute approximate surface area is 116 Å². The van der Waals surface area contributed by atoms with E-state index in [1.54, 1.807) is 0 Å². The van der Waals surface area contributed by atoms with Crippen LogP contribution in [-0.4, -0.2) is 19.0 Å². The predicted molar refractivity (Wildman–Crippen MR) is 81.3 cm³/mol. The molecule has 0 bridgehead atoms. The van der Waals surface area contributed by atoms with E-state index in [9.17, 15) is 4.79 Å². The van der Waals surface area contributed by atoms with Gasteiger partial charge in [0.2, 0.25) is 5.91 Å². The number of carbonyl (C=O) groups excluding carboxylic acids is 1. The third-order valence-corrected chi connectivity index (χ3v) is 3.17. The number of aryl methyl sites for hydroxylation is 1. The van der Waals surface area contributed by atoms with Crippen molar-refractivity contribution in [3.05, 3.63) is 29.8 Å². The molecule has 19 heavy (non-hydrogen) atoms. The third-order valence-electron chi connectivity index (χ3n) is 3.17.